The molecule has 1 aliphatic rings. The van der Waals surface area contributed by atoms with Crippen molar-refractivity contribution in [1.82, 2.24) is 10.2 Å². The van der Waals surface area contributed by atoms with Crippen LogP contribution in [0.15, 0.2) is 24.3 Å². The fraction of sp³-hybridized carbons (Fsp3) is 0.611. The summed E-state index contributed by atoms with van der Waals surface area (Å²) in [7, 11) is 0. The predicted octanol–water partition coefficient (Wildman–Crippen LogP) is 2.88. The van der Waals surface area contributed by atoms with E-state index in [1.54, 1.807) is 24.3 Å². The van der Waals surface area contributed by atoms with Gasteiger partial charge in [-0.05, 0) is 49.9 Å². The highest BCUT2D eigenvalue weighted by atomic mass is 16.3. The number of phenols is 1. The van der Waals surface area contributed by atoms with Crippen LogP contribution < -0.4 is 5.32 Å². The number of nitrogens with one attached hydrogen (secondary N) is 1. The van der Waals surface area contributed by atoms with Crippen LogP contribution in [0.1, 0.15) is 44.0 Å². The van der Waals surface area contributed by atoms with Crippen LogP contribution >= 0.6 is 0 Å². The van der Waals surface area contributed by atoms with Crippen LogP contribution in [0.25, 0.3) is 0 Å². The first-order valence-corrected chi connectivity index (χ1v) is 8.29. The van der Waals surface area contributed by atoms with Crippen LogP contribution in [-0.2, 0) is 0 Å². The molecule has 1 aromatic carbocycles. The lowest BCUT2D eigenvalue weighted by Gasteiger charge is -2.38. The molecule has 122 valence electrons. The van der Waals surface area contributed by atoms with Gasteiger partial charge in [-0.3, -0.25) is 9.69 Å². The van der Waals surface area contributed by atoms with Crippen molar-refractivity contribution in [2.45, 2.75) is 39.7 Å². The van der Waals surface area contributed by atoms with Crippen LogP contribution in [0.2, 0.25) is 0 Å². The summed E-state index contributed by atoms with van der Waals surface area (Å²) >= 11 is 0. The van der Waals surface area contributed by atoms with Crippen molar-refractivity contribution in [2.24, 2.45) is 11.8 Å². The van der Waals surface area contributed by atoms with Gasteiger partial charge in [-0.1, -0.05) is 32.9 Å². The fourth-order valence-electron chi connectivity index (χ4n) is 3.10. The van der Waals surface area contributed by atoms with Crippen molar-refractivity contribution in [2.75, 3.05) is 19.6 Å². The lowest BCUT2D eigenvalue weighted by molar-refractivity contribution is 0.0861. The van der Waals surface area contributed by atoms with E-state index in [2.05, 4.69) is 31.0 Å². The maximum atomic E-state index is 12.2. The first-order valence-electron chi connectivity index (χ1n) is 8.29. The number of rotatable bonds is 5. The second kappa shape index (κ2) is 7.63. The molecular weight excluding hydrogens is 276 g/mol. The standard InChI is InChI=1S/C18H28N2O2/c1-13(2)16(20-10-8-14(3)9-11-20)12-19-18(22)15-6-4-5-7-17(15)21/h4-7,13-14,16,21H,8-12H2,1-3H3,(H,19,22). The summed E-state index contributed by atoms with van der Waals surface area (Å²) in [5.74, 6) is 1.13. The molecule has 0 saturated carbocycles. The Balaban J connectivity index is 1.94. The van der Waals surface area contributed by atoms with Gasteiger partial charge < -0.3 is 10.4 Å². The highest BCUT2D eigenvalue weighted by molar-refractivity contribution is 5.96. The highest BCUT2D eigenvalue weighted by Gasteiger charge is 2.26. The number of carbonyl (C=O) groups excluding carboxylic acids is 1. The fourth-order valence-corrected chi connectivity index (χ4v) is 3.10. The summed E-state index contributed by atoms with van der Waals surface area (Å²) in [6.07, 6.45) is 2.47. The molecule has 0 spiro atoms. The Morgan fingerprint density at radius 2 is 1.95 bits per heavy atom. The molecule has 2 rings (SSSR count). The molecule has 0 radical (unpaired) electrons. The molecule has 1 amide bonds. The molecule has 2 N–H and O–H groups in total. The molecule has 1 atom stereocenters. The number of para-hydroxylation sites is 1. The number of nitrogens with zero attached hydrogens (tertiary/aromatic N) is 1. The minimum atomic E-state index is -0.200. The van der Waals surface area contributed by atoms with E-state index in [0.29, 0.717) is 24.1 Å². The van der Waals surface area contributed by atoms with Gasteiger partial charge >= 0.3 is 0 Å². The number of piperidine rings is 1. The molecule has 4 nitrogen and oxygen atoms in total. The molecule has 1 heterocycles. The molecule has 1 aromatic rings. The minimum Gasteiger partial charge on any atom is -0.507 e. The maximum absolute atomic E-state index is 12.2. The second-order valence-corrected chi connectivity index (χ2v) is 6.76. The van der Waals surface area contributed by atoms with Crippen LogP contribution in [0.3, 0.4) is 0 Å². The third-order valence-electron chi connectivity index (χ3n) is 4.68. The summed E-state index contributed by atoms with van der Waals surface area (Å²) in [6.45, 7) is 9.55. The van der Waals surface area contributed by atoms with E-state index >= 15 is 0 Å². The Bertz CT molecular complexity index is 494. The molecule has 0 aromatic heterocycles. The van der Waals surface area contributed by atoms with E-state index in [0.717, 1.165) is 19.0 Å². The van der Waals surface area contributed by atoms with Crippen LogP contribution in [0.4, 0.5) is 0 Å². The molecule has 4 heteroatoms. The number of benzene rings is 1. The van der Waals surface area contributed by atoms with Gasteiger partial charge in [-0.15, -0.1) is 0 Å². The predicted molar refractivity (Wildman–Crippen MR) is 89.0 cm³/mol. The van der Waals surface area contributed by atoms with E-state index in [1.165, 1.54) is 12.8 Å². The average Bonchev–Trinajstić information content (AvgIpc) is 2.49. The zero-order chi connectivity index (χ0) is 16.1. The van der Waals surface area contributed by atoms with Crippen molar-refractivity contribution < 1.29 is 9.90 Å². The number of phenolic OH excluding ortho intramolecular Hbond substituents is 1. The Hall–Kier alpha value is -1.55. The summed E-state index contributed by atoms with van der Waals surface area (Å²) in [4.78, 5) is 14.7. The van der Waals surface area contributed by atoms with Gasteiger partial charge in [0.2, 0.25) is 0 Å². The molecule has 0 aliphatic carbocycles. The van der Waals surface area contributed by atoms with Gasteiger partial charge in [0, 0.05) is 12.6 Å². The number of aromatic hydroxyl groups is 1. The van der Waals surface area contributed by atoms with Gasteiger partial charge in [0.1, 0.15) is 5.75 Å². The van der Waals surface area contributed by atoms with E-state index in [1.807, 2.05) is 0 Å². The third kappa shape index (κ3) is 4.23. The summed E-state index contributed by atoms with van der Waals surface area (Å²) in [6, 6.07) is 7.03. The first-order chi connectivity index (χ1) is 10.5. The van der Waals surface area contributed by atoms with Gasteiger partial charge in [0.05, 0.1) is 5.56 Å². The quantitative estimate of drug-likeness (QED) is 0.879. The van der Waals surface area contributed by atoms with Crippen LogP contribution in [0.5, 0.6) is 5.75 Å². The summed E-state index contributed by atoms with van der Waals surface area (Å²) in [5, 5.41) is 12.8. The lowest BCUT2D eigenvalue weighted by Crippen LogP contribution is -2.49. The van der Waals surface area contributed by atoms with Crippen LogP contribution in [-0.4, -0.2) is 41.6 Å². The lowest BCUT2D eigenvalue weighted by atomic mass is 9.94. The third-order valence-corrected chi connectivity index (χ3v) is 4.68. The van der Waals surface area contributed by atoms with Gasteiger partial charge in [-0.2, -0.15) is 0 Å². The smallest absolute Gasteiger partial charge is 0.255 e. The van der Waals surface area contributed by atoms with Crippen LogP contribution in [0, 0.1) is 11.8 Å². The monoisotopic (exact) mass is 304 g/mol. The average molecular weight is 304 g/mol. The van der Waals surface area contributed by atoms with Crippen molar-refractivity contribution in [1.29, 1.82) is 0 Å². The SMILES string of the molecule is CC1CCN(C(CNC(=O)c2ccccc2O)C(C)C)CC1. The maximum Gasteiger partial charge on any atom is 0.255 e. The van der Waals surface area contributed by atoms with E-state index in [4.69, 9.17) is 0 Å². The Labute approximate surface area is 133 Å². The minimum absolute atomic E-state index is 0.0351. The molecule has 22 heavy (non-hydrogen) atoms. The second-order valence-electron chi connectivity index (χ2n) is 6.76. The molecule has 0 bridgehead atoms. The van der Waals surface area contributed by atoms with Gasteiger partial charge in [0.25, 0.3) is 5.91 Å². The van der Waals surface area contributed by atoms with Gasteiger partial charge in [0.15, 0.2) is 0 Å². The van der Waals surface area contributed by atoms with Crippen molar-refractivity contribution in [3.63, 3.8) is 0 Å². The normalized spacial score (nSPS) is 18.4. The largest absolute Gasteiger partial charge is 0.507 e. The van der Waals surface area contributed by atoms with E-state index in [-0.39, 0.29) is 11.7 Å². The van der Waals surface area contributed by atoms with E-state index in [9.17, 15) is 9.90 Å². The zero-order valence-electron chi connectivity index (χ0n) is 13.9. The highest BCUT2D eigenvalue weighted by Crippen LogP contribution is 2.21. The summed E-state index contributed by atoms with van der Waals surface area (Å²) in [5.41, 5.74) is 0.345. The Morgan fingerprint density at radius 1 is 1.32 bits per heavy atom. The van der Waals surface area contributed by atoms with Crippen molar-refractivity contribution >= 4 is 5.91 Å². The molecule has 1 unspecified atom stereocenters. The number of hydrogen-bond donors (Lipinski definition) is 2. The zero-order valence-corrected chi connectivity index (χ0v) is 13.9. The molecule has 1 saturated heterocycles. The van der Waals surface area contributed by atoms with Crippen molar-refractivity contribution in [3.8, 4) is 5.75 Å². The number of amides is 1. The van der Waals surface area contributed by atoms with E-state index < -0.39 is 0 Å². The van der Waals surface area contributed by atoms with Crippen molar-refractivity contribution in [3.05, 3.63) is 29.8 Å². The first kappa shape index (κ1) is 16.8. The summed E-state index contributed by atoms with van der Waals surface area (Å²) < 4.78 is 0. The number of hydrogen-bond acceptors (Lipinski definition) is 3. The molecule has 1 fully saturated rings. The number of likely N-dealkylation sites (tertiary alicyclic amines) is 1. The Morgan fingerprint density at radius 3 is 2.55 bits per heavy atom. The topological polar surface area (TPSA) is 52.6 Å². The molecule has 1 aliphatic heterocycles. The Kier molecular flexibility index (Phi) is 5.83. The molecular formula is C18H28N2O2. The number of carbonyl (C=O) groups is 1. The van der Waals surface area contributed by atoms with Gasteiger partial charge in [-0.25, -0.2) is 0 Å².